The summed E-state index contributed by atoms with van der Waals surface area (Å²) in [5, 5.41) is 5.81. The summed E-state index contributed by atoms with van der Waals surface area (Å²) in [6.07, 6.45) is 1.08. The van der Waals surface area contributed by atoms with Gasteiger partial charge in [-0.25, -0.2) is 0 Å². The summed E-state index contributed by atoms with van der Waals surface area (Å²) in [7, 11) is 1.34. The molecule has 1 rings (SSSR count). The summed E-state index contributed by atoms with van der Waals surface area (Å²) >= 11 is 0. The Balaban J connectivity index is 2.46. The molecule has 0 fully saturated rings. The smallest absolute Gasteiger partial charge is 0.308 e. The normalized spacial score (nSPS) is 9.81. The second-order valence-electron chi connectivity index (χ2n) is 4.37. The number of nitrogens with one attached hydrogen (secondary N) is 2. The van der Waals surface area contributed by atoms with Gasteiger partial charge in [0.05, 0.1) is 32.4 Å². The van der Waals surface area contributed by atoms with Crippen LogP contribution in [0.3, 0.4) is 0 Å². The molecule has 1 aromatic rings. The van der Waals surface area contributed by atoms with Gasteiger partial charge >= 0.3 is 5.97 Å². The van der Waals surface area contributed by atoms with E-state index in [-0.39, 0.29) is 31.4 Å². The van der Waals surface area contributed by atoms with Crippen molar-refractivity contribution < 1.29 is 19.1 Å². The number of hydrogen-bond acceptors (Lipinski definition) is 5. The van der Waals surface area contributed by atoms with Gasteiger partial charge in [-0.1, -0.05) is 19.1 Å². The summed E-state index contributed by atoms with van der Waals surface area (Å²) in [6.45, 7) is 3.07. The van der Waals surface area contributed by atoms with E-state index >= 15 is 0 Å². The number of benzene rings is 1. The monoisotopic (exact) mass is 294 g/mol. The maximum Gasteiger partial charge on any atom is 0.308 e. The van der Waals surface area contributed by atoms with Gasteiger partial charge in [0.25, 0.3) is 0 Å². The molecule has 21 heavy (non-hydrogen) atoms. The topological polar surface area (TPSA) is 76.7 Å². The molecule has 6 nitrogen and oxygen atoms in total. The van der Waals surface area contributed by atoms with Crippen LogP contribution in [0, 0.1) is 0 Å². The zero-order valence-electron chi connectivity index (χ0n) is 12.5. The standard InChI is InChI=1S/C15H22N2O4/c1-3-9-16-14(18)11-17-12-6-4-5-7-13(12)21-10-8-15(19)20-2/h4-7,17H,3,8-11H2,1-2H3,(H,16,18). The van der Waals surface area contributed by atoms with Crippen molar-refractivity contribution in [3.8, 4) is 5.75 Å². The van der Waals surface area contributed by atoms with Gasteiger partial charge in [-0.15, -0.1) is 0 Å². The zero-order chi connectivity index (χ0) is 15.5. The molecule has 0 aliphatic rings. The number of para-hydroxylation sites is 2. The van der Waals surface area contributed by atoms with E-state index in [1.807, 2.05) is 25.1 Å². The van der Waals surface area contributed by atoms with Crippen molar-refractivity contribution in [2.45, 2.75) is 19.8 Å². The highest BCUT2D eigenvalue weighted by Crippen LogP contribution is 2.23. The fraction of sp³-hybridized carbons (Fsp3) is 0.467. The maximum absolute atomic E-state index is 11.6. The Kier molecular flexibility index (Phi) is 7.71. The number of hydrogen-bond donors (Lipinski definition) is 2. The molecule has 0 spiro atoms. The number of anilines is 1. The lowest BCUT2D eigenvalue weighted by atomic mass is 10.3. The number of amides is 1. The third kappa shape index (κ3) is 6.65. The predicted octanol–water partition coefficient (Wildman–Crippen LogP) is 1.57. The number of carbonyl (C=O) groups is 2. The second-order valence-corrected chi connectivity index (χ2v) is 4.37. The Morgan fingerprint density at radius 1 is 1.24 bits per heavy atom. The average Bonchev–Trinajstić information content (AvgIpc) is 2.51. The van der Waals surface area contributed by atoms with E-state index in [2.05, 4.69) is 15.4 Å². The summed E-state index contributed by atoms with van der Waals surface area (Å²) in [5.74, 6) is 0.213. The molecule has 0 atom stereocenters. The number of carbonyl (C=O) groups excluding carboxylic acids is 2. The summed E-state index contributed by atoms with van der Waals surface area (Å²) in [6, 6.07) is 7.28. The SMILES string of the molecule is CCCNC(=O)CNc1ccccc1OCCC(=O)OC. The van der Waals surface area contributed by atoms with E-state index in [0.29, 0.717) is 18.0 Å². The molecule has 6 heteroatoms. The number of ether oxygens (including phenoxy) is 2. The first-order valence-electron chi connectivity index (χ1n) is 6.96. The van der Waals surface area contributed by atoms with Crippen LogP contribution in [0.15, 0.2) is 24.3 Å². The highest BCUT2D eigenvalue weighted by Gasteiger charge is 2.06. The van der Waals surface area contributed by atoms with Gasteiger partial charge in [0.15, 0.2) is 0 Å². The summed E-state index contributed by atoms with van der Waals surface area (Å²) < 4.78 is 10.1. The minimum absolute atomic E-state index is 0.0683. The van der Waals surface area contributed by atoms with Crippen LogP contribution in [0.1, 0.15) is 19.8 Å². The second kappa shape index (κ2) is 9.63. The first kappa shape index (κ1) is 16.8. The first-order valence-corrected chi connectivity index (χ1v) is 6.96. The highest BCUT2D eigenvalue weighted by atomic mass is 16.5. The molecule has 0 saturated carbocycles. The van der Waals surface area contributed by atoms with Crippen LogP contribution in [-0.2, 0) is 14.3 Å². The molecule has 2 N–H and O–H groups in total. The van der Waals surface area contributed by atoms with E-state index in [9.17, 15) is 9.59 Å². The molecular weight excluding hydrogens is 272 g/mol. The van der Waals surface area contributed by atoms with Crippen molar-refractivity contribution in [1.82, 2.24) is 5.32 Å². The van der Waals surface area contributed by atoms with Crippen molar-refractivity contribution in [1.29, 1.82) is 0 Å². The van der Waals surface area contributed by atoms with Crippen molar-refractivity contribution in [2.75, 3.05) is 32.1 Å². The molecule has 116 valence electrons. The molecule has 0 aliphatic carbocycles. The predicted molar refractivity (Wildman–Crippen MR) is 80.4 cm³/mol. The van der Waals surface area contributed by atoms with E-state index < -0.39 is 0 Å². The van der Waals surface area contributed by atoms with E-state index in [0.717, 1.165) is 6.42 Å². The third-order valence-corrected chi connectivity index (χ3v) is 2.69. The number of esters is 1. The van der Waals surface area contributed by atoms with Crippen LogP contribution in [0.4, 0.5) is 5.69 Å². The average molecular weight is 294 g/mol. The number of methoxy groups -OCH3 is 1. The van der Waals surface area contributed by atoms with Crippen LogP contribution >= 0.6 is 0 Å². The van der Waals surface area contributed by atoms with Crippen LogP contribution < -0.4 is 15.4 Å². The van der Waals surface area contributed by atoms with Gasteiger partial charge < -0.3 is 20.1 Å². The Bertz CT molecular complexity index is 463. The Morgan fingerprint density at radius 3 is 2.71 bits per heavy atom. The highest BCUT2D eigenvalue weighted by molar-refractivity contribution is 5.81. The summed E-state index contributed by atoms with van der Waals surface area (Å²) in [5.41, 5.74) is 0.717. The quantitative estimate of drug-likeness (QED) is 0.676. The molecule has 1 aromatic carbocycles. The lowest BCUT2D eigenvalue weighted by molar-refractivity contribution is -0.141. The van der Waals surface area contributed by atoms with Crippen molar-refractivity contribution in [3.05, 3.63) is 24.3 Å². The minimum Gasteiger partial charge on any atom is -0.491 e. The van der Waals surface area contributed by atoms with Gasteiger partial charge in [0.2, 0.25) is 5.91 Å². The Morgan fingerprint density at radius 2 is 2.00 bits per heavy atom. The lowest BCUT2D eigenvalue weighted by Gasteiger charge is -2.12. The molecular formula is C15H22N2O4. The number of rotatable bonds is 9. The first-order chi connectivity index (χ1) is 10.2. The van der Waals surface area contributed by atoms with Crippen LogP contribution in [0.25, 0.3) is 0 Å². The van der Waals surface area contributed by atoms with E-state index in [1.54, 1.807) is 6.07 Å². The molecule has 1 amide bonds. The van der Waals surface area contributed by atoms with Gasteiger partial charge in [0, 0.05) is 6.54 Å². The third-order valence-electron chi connectivity index (χ3n) is 2.69. The van der Waals surface area contributed by atoms with Gasteiger partial charge in [-0.05, 0) is 18.6 Å². The molecule has 0 radical (unpaired) electrons. The fourth-order valence-corrected chi connectivity index (χ4v) is 1.59. The van der Waals surface area contributed by atoms with Crippen LogP contribution in [0.2, 0.25) is 0 Å². The molecule has 0 unspecified atom stereocenters. The van der Waals surface area contributed by atoms with Crippen molar-refractivity contribution >= 4 is 17.6 Å². The molecule has 0 aliphatic heterocycles. The molecule has 0 saturated heterocycles. The molecule has 0 bridgehead atoms. The fourth-order valence-electron chi connectivity index (χ4n) is 1.59. The minimum atomic E-state index is -0.320. The Labute approximate surface area is 124 Å². The van der Waals surface area contributed by atoms with Crippen molar-refractivity contribution in [3.63, 3.8) is 0 Å². The van der Waals surface area contributed by atoms with E-state index in [1.165, 1.54) is 7.11 Å². The van der Waals surface area contributed by atoms with Crippen LogP contribution in [0.5, 0.6) is 5.75 Å². The zero-order valence-corrected chi connectivity index (χ0v) is 12.5. The van der Waals surface area contributed by atoms with E-state index in [4.69, 9.17) is 4.74 Å². The molecule has 0 aromatic heterocycles. The maximum atomic E-state index is 11.6. The van der Waals surface area contributed by atoms with Gasteiger partial charge in [0.1, 0.15) is 5.75 Å². The summed E-state index contributed by atoms with van der Waals surface area (Å²) in [4.78, 5) is 22.6. The van der Waals surface area contributed by atoms with Crippen molar-refractivity contribution in [2.24, 2.45) is 0 Å². The van der Waals surface area contributed by atoms with Crippen LogP contribution in [-0.4, -0.2) is 38.7 Å². The largest absolute Gasteiger partial charge is 0.491 e. The lowest BCUT2D eigenvalue weighted by Crippen LogP contribution is -2.30. The Hall–Kier alpha value is -2.24. The van der Waals surface area contributed by atoms with Gasteiger partial charge in [-0.2, -0.15) is 0 Å². The van der Waals surface area contributed by atoms with Gasteiger partial charge in [-0.3, -0.25) is 9.59 Å². The molecule has 0 heterocycles.